The minimum atomic E-state index is 0.207. The van der Waals surface area contributed by atoms with Gasteiger partial charge in [-0.15, -0.1) is 0 Å². The molecule has 3 heteroatoms. The second-order valence-corrected chi connectivity index (χ2v) is 6.94. The van der Waals surface area contributed by atoms with Crippen LogP contribution in [-0.4, -0.2) is 29.9 Å². The first-order valence-electron chi connectivity index (χ1n) is 8.03. The summed E-state index contributed by atoms with van der Waals surface area (Å²) in [6, 6.07) is 0.766. The molecule has 2 saturated carbocycles. The van der Waals surface area contributed by atoms with Crippen molar-refractivity contribution in [2.24, 2.45) is 23.5 Å². The van der Waals surface area contributed by atoms with Gasteiger partial charge in [-0.2, -0.15) is 0 Å². The lowest BCUT2D eigenvalue weighted by atomic mass is 9.76. The number of nitrogens with two attached hydrogens (primary N) is 1. The van der Waals surface area contributed by atoms with Crippen molar-refractivity contribution in [2.45, 2.75) is 70.9 Å². The van der Waals surface area contributed by atoms with Gasteiger partial charge >= 0.3 is 0 Å². The highest BCUT2D eigenvalue weighted by atomic mass is 16.2. The van der Waals surface area contributed by atoms with Gasteiger partial charge in [-0.05, 0) is 43.9 Å². The highest BCUT2D eigenvalue weighted by Gasteiger charge is 2.36. The second-order valence-electron chi connectivity index (χ2n) is 6.94. The van der Waals surface area contributed by atoms with E-state index in [2.05, 4.69) is 18.7 Å². The van der Waals surface area contributed by atoms with Gasteiger partial charge in [0.15, 0.2) is 0 Å². The third-order valence-corrected chi connectivity index (χ3v) is 5.44. The van der Waals surface area contributed by atoms with Gasteiger partial charge in [0, 0.05) is 25.0 Å². The molecule has 2 aliphatic carbocycles. The third kappa shape index (κ3) is 3.31. The summed E-state index contributed by atoms with van der Waals surface area (Å²) in [5.41, 5.74) is 6.00. The molecule has 2 aliphatic rings. The number of rotatable bonds is 2. The Bertz CT molecular complexity index is 318. The van der Waals surface area contributed by atoms with E-state index in [0.717, 1.165) is 19.3 Å². The Morgan fingerprint density at radius 1 is 1.05 bits per heavy atom. The Morgan fingerprint density at radius 2 is 1.74 bits per heavy atom. The SMILES string of the molecule is CC1CC(N)CCC1C(=O)N(C)C1CCCCC1C. The topological polar surface area (TPSA) is 46.3 Å². The van der Waals surface area contributed by atoms with E-state index in [4.69, 9.17) is 5.73 Å². The average Bonchev–Trinajstić information content (AvgIpc) is 2.38. The fourth-order valence-electron chi connectivity index (χ4n) is 4.10. The molecule has 2 rings (SSSR count). The monoisotopic (exact) mass is 266 g/mol. The van der Waals surface area contributed by atoms with Crippen LogP contribution in [0.4, 0.5) is 0 Å². The largest absolute Gasteiger partial charge is 0.342 e. The van der Waals surface area contributed by atoms with Crippen LogP contribution in [0.25, 0.3) is 0 Å². The van der Waals surface area contributed by atoms with E-state index in [0.29, 0.717) is 29.8 Å². The molecule has 5 atom stereocenters. The van der Waals surface area contributed by atoms with Crippen molar-refractivity contribution in [1.82, 2.24) is 4.90 Å². The molecular weight excluding hydrogens is 236 g/mol. The normalized spacial score (nSPS) is 39.9. The molecular formula is C16H30N2O. The molecule has 3 nitrogen and oxygen atoms in total. The van der Waals surface area contributed by atoms with Crippen molar-refractivity contribution in [1.29, 1.82) is 0 Å². The minimum Gasteiger partial charge on any atom is -0.342 e. The highest BCUT2D eigenvalue weighted by molar-refractivity contribution is 5.79. The molecule has 2 N–H and O–H groups in total. The van der Waals surface area contributed by atoms with Gasteiger partial charge in [0.25, 0.3) is 0 Å². The van der Waals surface area contributed by atoms with E-state index in [1.807, 2.05) is 7.05 Å². The summed E-state index contributed by atoms with van der Waals surface area (Å²) >= 11 is 0. The van der Waals surface area contributed by atoms with Gasteiger partial charge in [-0.3, -0.25) is 4.79 Å². The van der Waals surface area contributed by atoms with E-state index in [-0.39, 0.29) is 5.92 Å². The molecule has 110 valence electrons. The summed E-state index contributed by atoms with van der Waals surface area (Å²) in [5, 5.41) is 0. The number of hydrogen-bond donors (Lipinski definition) is 1. The first kappa shape index (κ1) is 14.8. The molecule has 0 aliphatic heterocycles. The molecule has 0 aromatic heterocycles. The number of carbonyl (C=O) groups excluding carboxylic acids is 1. The van der Waals surface area contributed by atoms with Crippen LogP contribution in [0.2, 0.25) is 0 Å². The summed E-state index contributed by atoms with van der Waals surface area (Å²) < 4.78 is 0. The van der Waals surface area contributed by atoms with Gasteiger partial charge in [0.05, 0.1) is 0 Å². The molecule has 0 aromatic rings. The zero-order valence-corrected chi connectivity index (χ0v) is 12.8. The number of carbonyl (C=O) groups is 1. The Labute approximate surface area is 117 Å². The number of hydrogen-bond acceptors (Lipinski definition) is 2. The smallest absolute Gasteiger partial charge is 0.225 e. The lowest BCUT2D eigenvalue weighted by molar-refractivity contribution is -0.140. The molecule has 0 radical (unpaired) electrons. The van der Waals surface area contributed by atoms with E-state index in [1.54, 1.807) is 0 Å². The lowest BCUT2D eigenvalue weighted by Crippen LogP contribution is -2.48. The summed E-state index contributed by atoms with van der Waals surface area (Å²) in [7, 11) is 2.02. The summed E-state index contributed by atoms with van der Waals surface area (Å²) in [4.78, 5) is 14.8. The Balaban J connectivity index is 1.98. The molecule has 0 spiro atoms. The maximum Gasteiger partial charge on any atom is 0.225 e. The first-order chi connectivity index (χ1) is 9.00. The molecule has 0 aromatic carbocycles. The van der Waals surface area contributed by atoms with Gasteiger partial charge in [0.2, 0.25) is 5.91 Å². The summed E-state index contributed by atoms with van der Waals surface area (Å²) in [6.45, 7) is 4.49. The van der Waals surface area contributed by atoms with Gasteiger partial charge in [-0.1, -0.05) is 26.7 Å². The predicted molar refractivity (Wildman–Crippen MR) is 78.7 cm³/mol. The zero-order chi connectivity index (χ0) is 14.0. The fourth-order valence-corrected chi connectivity index (χ4v) is 4.10. The van der Waals surface area contributed by atoms with Crippen molar-refractivity contribution in [3.8, 4) is 0 Å². The highest BCUT2D eigenvalue weighted by Crippen LogP contribution is 2.33. The molecule has 2 fully saturated rings. The Morgan fingerprint density at radius 3 is 2.37 bits per heavy atom. The van der Waals surface area contributed by atoms with E-state index < -0.39 is 0 Å². The fraction of sp³-hybridized carbons (Fsp3) is 0.938. The molecule has 5 unspecified atom stereocenters. The third-order valence-electron chi connectivity index (χ3n) is 5.44. The van der Waals surface area contributed by atoms with Crippen molar-refractivity contribution in [3.05, 3.63) is 0 Å². The summed E-state index contributed by atoms with van der Waals surface area (Å²) in [5.74, 6) is 1.68. The van der Waals surface area contributed by atoms with Gasteiger partial charge < -0.3 is 10.6 Å². The van der Waals surface area contributed by atoms with Crippen LogP contribution in [-0.2, 0) is 4.79 Å². The molecule has 1 amide bonds. The van der Waals surface area contributed by atoms with E-state index >= 15 is 0 Å². The summed E-state index contributed by atoms with van der Waals surface area (Å²) in [6.07, 6.45) is 8.05. The van der Waals surface area contributed by atoms with E-state index in [9.17, 15) is 4.79 Å². The maximum atomic E-state index is 12.7. The predicted octanol–water partition coefficient (Wildman–Crippen LogP) is 2.79. The van der Waals surface area contributed by atoms with Crippen LogP contribution < -0.4 is 5.73 Å². The van der Waals surface area contributed by atoms with Crippen LogP contribution in [0.15, 0.2) is 0 Å². The van der Waals surface area contributed by atoms with Crippen molar-refractivity contribution >= 4 is 5.91 Å². The first-order valence-corrected chi connectivity index (χ1v) is 8.03. The zero-order valence-electron chi connectivity index (χ0n) is 12.8. The number of nitrogens with zero attached hydrogens (tertiary/aromatic N) is 1. The van der Waals surface area contributed by atoms with Gasteiger partial charge in [0.1, 0.15) is 0 Å². The van der Waals surface area contributed by atoms with Crippen molar-refractivity contribution in [3.63, 3.8) is 0 Å². The second kappa shape index (κ2) is 6.25. The van der Waals surface area contributed by atoms with Crippen LogP contribution >= 0.6 is 0 Å². The maximum absolute atomic E-state index is 12.7. The quantitative estimate of drug-likeness (QED) is 0.835. The van der Waals surface area contributed by atoms with Crippen molar-refractivity contribution in [2.75, 3.05) is 7.05 Å². The average molecular weight is 266 g/mol. The molecule has 0 saturated heterocycles. The van der Waals surface area contributed by atoms with E-state index in [1.165, 1.54) is 25.7 Å². The Kier molecular flexibility index (Phi) is 4.88. The van der Waals surface area contributed by atoms with Gasteiger partial charge in [-0.25, -0.2) is 0 Å². The molecule has 0 heterocycles. The van der Waals surface area contributed by atoms with Crippen LogP contribution in [0, 0.1) is 17.8 Å². The number of amides is 1. The lowest BCUT2D eigenvalue weighted by Gasteiger charge is -2.40. The Hall–Kier alpha value is -0.570. The van der Waals surface area contributed by atoms with Crippen molar-refractivity contribution < 1.29 is 4.79 Å². The van der Waals surface area contributed by atoms with Crippen LogP contribution in [0.5, 0.6) is 0 Å². The van der Waals surface area contributed by atoms with Crippen LogP contribution in [0.1, 0.15) is 58.8 Å². The standard InChI is InChI=1S/C16H30N2O/c1-11-6-4-5-7-15(11)18(3)16(19)14-9-8-13(17)10-12(14)2/h11-15H,4-10,17H2,1-3H3. The molecule has 19 heavy (non-hydrogen) atoms. The van der Waals surface area contributed by atoms with Crippen LogP contribution in [0.3, 0.4) is 0 Å². The molecule has 0 bridgehead atoms. The minimum absolute atomic E-state index is 0.207.